The summed E-state index contributed by atoms with van der Waals surface area (Å²) in [5.41, 5.74) is 2.62. The summed E-state index contributed by atoms with van der Waals surface area (Å²) < 4.78 is 0. The number of aliphatic imine (C=N–C) groups is 1. The Kier molecular flexibility index (Phi) is 6.05. The van der Waals surface area contributed by atoms with E-state index in [1.165, 1.54) is 24.0 Å². The standard InChI is InChI=1S/C17H28N4/c1-4-18-17(21-11-5-6-12-21)19-13-15-7-9-16(10-8-15)14-20(2)3/h7-10H,4-6,11-14H2,1-3H3,(H,18,19). The molecule has 1 N–H and O–H groups in total. The van der Waals surface area contributed by atoms with Crippen molar-refractivity contribution in [2.75, 3.05) is 33.7 Å². The average Bonchev–Trinajstić information content (AvgIpc) is 2.98. The first-order valence-electron chi connectivity index (χ1n) is 7.95. The van der Waals surface area contributed by atoms with Gasteiger partial charge in [0.2, 0.25) is 0 Å². The highest BCUT2D eigenvalue weighted by molar-refractivity contribution is 5.80. The van der Waals surface area contributed by atoms with Crippen molar-refractivity contribution < 1.29 is 0 Å². The molecule has 2 rings (SSSR count). The van der Waals surface area contributed by atoms with Crippen LogP contribution >= 0.6 is 0 Å². The van der Waals surface area contributed by atoms with Crippen LogP contribution in [0.3, 0.4) is 0 Å². The first kappa shape index (κ1) is 15.8. The molecule has 1 saturated heterocycles. The maximum Gasteiger partial charge on any atom is 0.194 e. The van der Waals surface area contributed by atoms with Crippen LogP contribution in [0.1, 0.15) is 30.9 Å². The van der Waals surface area contributed by atoms with Crippen molar-refractivity contribution in [3.63, 3.8) is 0 Å². The van der Waals surface area contributed by atoms with Crippen LogP contribution in [0.2, 0.25) is 0 Å². The number of guanidine groups is 1. The summed E-state index contributed by atoms with van der Waals surface area (Å²) in [5, 5.41) is 3.40. The van der Waals surface area contributed by atoms with Crippen molar-refractivity contribution in [1.29, 1.82) is 0 Å². The number of nitrogens with zero attached hydrogens (tertiary/aromatic N) is 3. The highest BCUT2D eigenvalue weighted by atomic mass is 15.3. The van der Waals surface area contributed by atoms with Gasteiger partial charge in [0.1, 0.15) is 0 Å². The number of benzene rings is 1. The molecule has 0 aromatic heterocycles. The fourth-order valence-corrected chi connectivity index (χ4v) is 2.64. The zero-order valence-corrected chi connectivity index (χ0v) is 13.6. The Labute approximate surface area is 128 Å². The zero-order valence-electron chi connectivity index (χ0n) is 13.6. The molecule has 0 aliphatic carbocycles. The second-order valence-corrected chi connectivity index (χ2v) is 5.92. The highest BCUT2D eigenvalue weighted by Gasteiger charge is 2.15. The molecule has 4 heteroatoms. The molecule has 1 fully saturated rings. The molecule has 1 aliphatic rings. The molecule has 0 atom stereocenters. The molecule has 1 aromatic rings. The Morgan fingerprint density at radius 2 is 1.76 bits per heavy atom. The van der Waals surface area contributed by atoms with Gasteiger partial charge in [-0.2, -0.15) is 0 Å². The van der Waals surface area contributed by atoms with Crippen molar-refractivity contribution in [1.82, 2.24) is 15.1 Å². The van der Waals surface area contributed by atoms with Crippen LogP contribution in [-0.2, 0) is 13.1 Å². The molecule has 116 valence electrons. The third-order valence-corrected chi connectivity index (χ3v) is 3.67. The van der Waals surface area contributed by atoms with Gasteiger partial charge in [0.15, 0.2) is 5.96 Å². The third kappa shape index (κ3) is 5.05. The lowest BCUT2D eigenvalue weighted by Gasteiger charge is -2.20. The van der Waals surface area contributed by atoms with Gasteiger partial charge < -0.3 is 15.1 Å². The fraction of sp³-hybridized carbons (Fsp3) is 0.588. The SMILES string of the molecule is CCNC(=NCc1ccc(CN(C)C)cc1)N1CCCC1. The molecular formula is C17H28N4. The molecule has 4 nitrogen and oxygen atoms in total. The van der Waals surface area contributed by atoms with E-state index in [2.05, 4.69) is 60.4 Å². The summed E-state index contributed by atoms with van der Waals surface area (Å²) in [6, 6.07) is 8.78. The quantitative estimate of drug-likeness (QED) is 0.666. The number of likely N-dealkylation sites (tertiary alicyclic amines) is 1. The Hall–Kier alpha value is -1.55. The summed E-state index contributed by atoms with van der Waals surface area (Å²) in [4.78, 5) is 9.33. The predicted octanol–water partition coefficient (Wildman–Crippen LogP) is 2.31. The topological polar surface area (TPSA) is 30.9 Å². The molecule has 0 saturated carbocycles. The smallest absolute Gasteiger partial charge is 0.194 e. The van der Waals surface area contributed by atoms with Crippen LogP contribution in [-0.4, -0.2) is 49.5 Å². The van der Waals surface area contributed by atoms with E-state index in [1.807, 2.05) is 0 Å². The third-order valence-electron chi connectivity index (χ3n) is 3.67. The van der Waals surface area contributed by atoms with Crippen LogP contribution in [0.5, 0.6) is 0 Å². The van der Waals surface area contributed by atoms with Crippen LogP contribution in [0.4, 0.5) is 0 Å². The van der Waals surface area contributed by atoms with Gasteiger partial charge in [-0.25, -0.2) is 4.99 Å². The summed E-state index contributed by atoms with van der Waals surface area (Å²) in [5.74, 6) is 1.06. The minimum Gasteiger partial charge on any atom is -0.357 e. The molecule has 0 bridgehead atoms. The van der Waals surface area contributed by atoms with E-state index in [1.54, 1.807) is 0 Å². The van der Waals surface area contributed by atoms with Gasteiger partial charge in [-0.1, -0.05) is 24.3 Å². The number of hydrogen-bond donors (Lipinski definition) is 1. The van der Waals surface area contributed by atoms with Gasteiger partial charge in [0.25, 0.3) is 0 Å². The first-order chi connectivity index (χ1) is 10.2. The van der Waals surface area contributed by atoms with Gasteiger partial charge in [0, 0.05) is 26.2 Å². The van der Waals surface area contributed by atoms with Gasteiger partial charge in [0.05, 0.1) is 6.54 Å². The molecule has 21 heavy (non-hydrogen) atoms. The lowest BCUT2D eigenvalue weighted by molar-refractivity contribution is 0.402. The van der Waals surface area contributed by atoms with Crippen molar-refractivity contribution in [3.05, 3.63) is 35.4 Å². The summed E-state index contributed by atoms with van der Waals surface area (Å²) in [6.45, 7) is 7.06. The van der Waals surface area contributed by atoms with E-state index in [0.717, 1.165) is 38.7 Å². The molecule has 1 aromatic carbocycles. The van der Waals surface area contributed by atoms with E-state index >= 15 is 0 Å². The summed E-state index contributed by atoms with van der Waals surface area (Å²) in [7, 11) is 4.19. The van der Waals surface area contributed by atoms with Gasteiger partial charge in [-0.3, -0.25) is 0 Å². The first-order valence-corrected chi connectivity index (χ1v) is 7.95. The molecule has 0 radical (unpaired) electrons. The molecule has 1 aliphatic heterocycles. The summed E-state index contributed by atoms with van der Waals surface area (Å²) in [6.07, 6.45) is 2.56. The second-order valence-electron chi connectivity index (χ2n) is 5.92. The average molecular weight is 288 g/mol. The molecule has 0 unspecified atom stereocenters. The zero-order chi connectivity index (χ0) is 15.1. The molecule has 1 heterocycles. The second kappa shape index (κ2) is 8.03. The van der Waals surface area contributed by atoms with Crippen molar-refractivity contribution in [3.8, 4) is 0 Å². The number of hydrogen-bond acceptors (Lipinski definition) is 2. The number of nitrogens with one attached hydrogen (secondary N) is 1. The Bertz CT molecular complexity index is 444. The molecule has 0 spiro atoms. The maximum absolute atomic E-state index is 4.78. The fourth-order valence-electron chi connectivity index (χ4n) is 2.64. The maximum atomic E-state index is 4.78. The van der Waals surface area contributed by atoms with E-state index in [-0.39, 0.29) is 0 Å². The Morgan fingerprint density at radius 3 is 2.33 bits per heavy atom. The predicted molar refractivity (Wildman–Crippen MR) is 89.5 cm³/mol. The van der Waals surface area contributed by atoms with Crippen LogP contribution in [0.25, 0.3) is 0 Å². The van der Waals surface area contributed by atoms with Crippen molar-refractivity contribution >= 4 is 5.96 Å². The normalized spacial score (nSPS) is 15.8. The van der Waals surface area contributed by atoms with E-state index in [0.29, 0.717) is 0 Å². The largest absolute Gasteiger partial charge is 0.357 e. The monoisotopic (exact) mass is 288 g/mol. The highest BCUT2D eigenvalue weighted by Crippen LogP contribution is 2.10. The van der Waals surface area contributed by atoms with Gasteiger partial charge >= 0.3 is 0 Å². The summed E-state index contributed by atoms with van der Waals surface area (Å²) >= 11 is 0. The van der Waals surface area contributed by atoms with E-state index < -0.39 is 0 Å². The van der Waals surface area contributed by atoms with Crippen LogP contribution < -0.4 is 5.32 Å². The minimum absolute atomic E-state index is 0.751. The van der Waals surface area contributed by atoms with E-state index in [4.69, 9.17) is 4.99 Å². The molecule has 0 amide bonds. The van der Waals surface area contributed by atoms with Crippen molar-refractivity contribution in [2.24, 2.45) is 4.99 Å². The van der Waals surface area contributed by atoms with Gasteiger partial charge in [-0.05, 0) is 45.0 Å². The van der Waals surface area contributed by atoms with Gasteiger partial charge in [-0.15, -0.1) is 0 Å². The van der Waals surface area contributed by atoms with Crippen molar-refractivity contribution in [2.45, 2.75) is 32.9 Å². The molecular weight excluding hydrogens is 260 g/mol. The van der Waals surface area contributed by atoms with E-state index in [9.17, 15) is 0 Å². The minimum atomic E-state index is 0.751. The Balaban J connectivity index is 1.96. The number of rotatable bonds is 5. The van der Waals surface area contributed by atoms with Crippen LogP contribution in [0, 0.1) is 0 Å². The lowest BCUT2D eigenvalue weighted by Crippen LogP contribution is -2.39. The van der Waals surface area contributed by atoms with Crippen LogP contribution in [0.15, 0.2) is 29.3 Å². The lowest BCUT2D eigenvalue weighted by atomic mass is 10.1. The Morgan fingerprint density at radius 1 is 1.14 bits per heavy atom.